The van der Waals surface area contributed by atoms with Gasteiger partial charge in [-0.1, -0.05) is 36.4 Å². The Bertz CT molecular complexity index is 661. The van der Waals surface area contributed by atoms with E-state index in [1.165, 1.54) is 0 Å². The first-order chi connectivity index (χ1) is 11.1. The number of hydrogen-bond acceptors (Lipinski definition) is 6. The molecule has 1 aliphatic heterocycles. The van der Waals surface area contributed by atoms with Crippen molar-refractivity contribution in [3.63, 3.8) is 0 Å². The molecule has 1 fully saturated rings. The summed E-state index contributed by atoms with van der Waals surface area (Å²) < 4.78 is 15.7. The third-order valence-corrected chi connectivity index (χ3v) is 4.17. The van der Waals surface area contributed by atoms with Gasteiger partial charge in [-0.15, -0.1) is 0 Å². The summed E-state index contributed by atoms with van der Waals surface area (Å²) in [4.78, 5) is 0. The van der Waals surface area contributed by atoms with Crippen LogP contribution in [-0.2, 0) is 8.57 Å². The van der Waals surface area contributed by atoms with Gasteiger partial charge >= 0.3 is 0 Å². The largest absolute Gasteiger partial charge is 0.482 e. The molecule has 0 amide bonds. The Balaban J connectivity index is 1.84. The fourth-order valence-electron chi connectivity index (χ4n) is 2.69. The molecule has 3 N–H and O–H groups in total. The van der Waals surface area contributed by atoms with E-state index < -0.39 is 30.7 Å². The minimum atomic E-state index is -1.39. The summed E-state index contributed by atoms with van der Waals surface area (Å²) in [6.07, 6.45) is -5.91. The molecular formula is C16H17BrO6. The van der Waals surface area contributed by atoms with Crippen LogP contribution in [0, 0.1) is 0 Å². The molecule has 23 heavy (non-hydrogen) atoms. The number of hydrogen-bond donors (Lipinski definition) is 3. The minimum Gasteiger partial charge on any atom is -0.482 e. The first-order valence-corrected chi connectivity index (χ1v) is 7.84. The number of ether oxygens (including phenoxy) is 2. The molecule has 1 saturated heterocycles. The Morgan fingerprint density at radius 3 is 2.52 bits per heavy atom. The van der Waals surface area contributed by atoms with Gasteiger partial charge in [0.1, 0.15) is 24.1 Å². The summed E-state index contributed by atoms with van der Waals surface area (Å²) in [6, 6.07) is 13.1. The van der Waals surface area contributed by atoms with Gasteiger partial charge in [0.2, 0.25) is 0 Å². The molecule has 0 aromatic heterocycles. The van der Waals surface area contributed by atoms with Crippen molar-refractivity contribution in [2.45, 2.75) is 30.7 Å². The number of halogens is 1. The monoisotopic (exact) mass is 384 g/mol. The number of fused-ring (bicyclic) bond motifs is 1. The average Bonchev–Trinajstić information content (AvgIpc) is 2.56. The first kappa shape index (κ1) is 16.6. The quantitative estimate of drug-likeness (QED) is 0.737. The van der Waals surface area contributed by atoms with Crippen LogP contribution in [0.2, 0.25) is 0 Å². The second-order valence-corrected chi connectivity index (χ2v) is 5.84. The van der Waals surface area contributed by atoms with Crippen molar-refractivity contribution in [2.75, 3.05) is 6.61 Å². The van der Waals surface area contributed by atoms with E-state index in [1.807, 2.05) is 36.4 Å². The van der Waals surface area contributed by atoms with E-state index in [0.29, 0.717) is 5.75 Å². The average molecular weight is 385 g/mol. The molecule has 2 aromatic rings. The highest BCUT2D eigenvalue weighted by molar-refractivity contribution is 9.06. The van der Waals surface area contributed by atoms with Gasteiger partial charge in [-0.05, 0) is 11.5 Å². The van der Waals surface area contributed by atoms with Crippen LogP contribution in [0.15, 0.2) is 42.5 Å². The SMILES string of the molecule is OC1O[C@H](COBr)[C@H](O)[C@H](O)[C@H]1Oc1cccc2ccccc12. The molecule has 1 aliphatic rings. The second-order valence-electron chi connectivity index (χ2n) is 5.38. The Labute approximate surface area is 141 Å². The van der Waals surface area contributed by atoms with Crippen molar-refractivity contribution in [3.8, 4) is 5.75 Å². The highest BCUT2D eigenvalue weighted by Crippen LogP contribution is 2.30. The van der Waals surface area contributed by atoms with Gasteiger partial charge in [-0.25, -0.2) is 0 Å². The lowest BCUT2D eigenvalue weighted by Crippen LogP contribution is -2.60. The van der Waals surface area contributed by atoms with Crippen LogP contribution in [0.5, 0.6) is 5.75 Å². The molecular weight excluding hydrogens is 368 g/mol. The molecule has 124 valence electrons. The Morgan fingerprint density at radius 2 is 1.74 bits per heavy atom. The van der Waals surface area contributed by atoms with E-state index in [-0.39, 0.29) is 6.61 Å². The molecule has 2 aromatic carbocycles. The Kier molecular flexibility index (Phi) is 5.15. The zero-order valence-corrected chi connectivity index (χ0v) is 13.7. The van der Waals surface area contributed by atoms with Gasteiger partial charge in [0.05, 0.1) is 22.9 Å². The lowest BCUT2D eigenvalue weighted by molar-refractivity contribution is -0.278. The van der Waals surface area contributed by atoms with E-state index in [1.54, 1.807) is 6.07 Å². The third kappa shape index (κ3) is 3.35. The molecule has 7 heteroatoms. The van der Waals surface area contributed by atoms with Crippen LogP contribution in [0.4, 0.5) is 0 Å². The second kappa shape index (κ2) is 7.12. The van der Waals surface area contributed by atoms with Gasteiger partial charge in [-0.3, -0.25) is 0 Å². The minimum absolute atomic E-state index is 0.0176. The molecule has 0 aliphatic carbocycles. The van der Waals surface area contributed by atoms with Crippen molar-refractivity contribution in [2.24, 2.45) is 0 Å². The van der Waals surface area contributed by atoms with Crippen LogP contribution in [-0.4, -0.2) is 52.6 Å². The number of rotatable bonds is 4. The van der Waals surface area contributed by atoms with Crippen LogP contribution in [0.3, 0.4) is 0 Å². The predicted octanol–water partition coefficient (Wildman–Crippen LogP) is 1.35. The van der Waals surface area contributed by atoms with Crippen LogP contribution in [0.25, 0.3) is 10.8 Å². The third-order valence-electron chi connectivity index (χ3n) is 3.90. The fraction of sp³-hybridized carbons (Fsp3) is 0.375. The normalized spacial score (nSPS) is 31.2. The number of aliphatic hydroxyl groups is 3. The molecule has 5 atom stereocenters. The van der Waals surface area contributed by atoms with Gasteiger partial charge in [-0.2, -0.15) is 0 Å². The lowest BCUT2D eigenvalue weighted by atomic mass is 9.99. The summed E-state index contributed by atoms with van der Waals surface area (Å²) in [5, 5.41) is 32.2. The van der Waals surface area contributed by atoms with Crippen molar-refractivity contribution in [3.05, 3.63) is 42.5 Å². The maximum atomic E-state index is 10.3. The number of benzene rings is 2. The molecule has 0 spiro atoms. The Hall–Kier alpha value is -1.22. The summed E-state index contributed by atoms with van der Waals surface area (Å²) >= 11 is 2.76. The van der Waals surface area contributed by atoms with Crippen LogP contribution < -0.4 is 4.74 Å². The van der Waals surface area contributed by atoms with Gasteiger partial charge in [0.25, 0.3) is 0 Å². The summed E-state index contributed by atoms with van der Waals surface area (Å²) in [7, 11) is 0. The molecule has 3 rings (SSSR count). The maximum Gasteiger partial charge on any atom is 0.195 e. The zero-order chi connectivity index (χ0) is 16.4. The molecule has 1 heterocycles. The van der Waals surface area contributed by atoms with Crippen molar-refractivity contribution in [1.82, 2.24) is 0 Å². The predicted molar refractivity (Wildman–Crippen MR) is 86.1 cm³/mol. The fourth-order valence-corrected chi connectivity index (χ4v) is 2.95. The van der Waals surface area contributed by atoms with E-state index in [0.717, 1.165) is 10.8 Å². The van der Waals surface area contributed by atoms with Gasteiger partial charge < -0.3 is 28.6 Å². The van der Waals surface area contributed by atoms with Gasteiger partial charge in [0, 0.05) is 5.39 Å². The molecule has 0 saturated carbocycles. The topological polar surface area (TPSA) is 88.4 Å². The van der Waals surface area contributed by atoms with Gasteiger partial charge in [0.15, 0.2) is 12.4 Å². The Morgan fingerprint density at radius 1 is 1.00 bits per heavy atom. The smallest absolute Gasteiger partial charge is 0.195 e. The van der Waals surface area contributed by atoms with E-state index >= 15 is 0 Å². The highest BCUT2D eigenvalue weighted by Gasteiger charge is 2.45. The standard InChI is InChI=1S/C16H17BrO6/c17-21-8-12-13(18)14(19)15(16(20)23-12)22-11-7-3-5-9-4-1-2-6-10(9)11/h1-7,12-16,18-20H,8H2/t12-,13+,14+,15-,16?/m1/s1. The number of aliphatic hydroxyl groups excluding tert-OH is 3. The van der Waals surface area contributed by atoms with E-state index in [4.69, 9.17) is 13.3 Å². The molecule has 0 radical (unpaired) electrons. The van der Waals surface area contributed by atoms with Crippen LogP contribution in [0.1, 0.15) is 0 Å². The maximum absolute atomic E-state index is 10.3. The molecule has 0 bridgehead atoms. The van der Waals surface area contributed by atoms with Crippen molar-refractivity contribution in [1.29, 1.82) is 0 Å². The van der Waals surface area contributed by atoms with Crippen LogP contribution >= 0.6 is 16.3 Å². The van der Waals surface area contributed by atoms with Crippen molar-refractivity contribution < 1.29 is 28.6 Å². The summed E-state index contributed by atoms with van der Waals surface area (Å²) in [5.74, 6) is 0.497. The lowest BCUT2D eigenvalue weighted by Gasteiger charge is -2.40. The zero-order valence-electron chi connectivity index (χ0n) is 12.1. The first-order valence-electron chi connectivity index (χ1n) is 7.19. The highest BCUT2D eigenvalue weighted by atomic mass is 79.9. The molecule has 1 unspecified atom stereocenters. The van der Waals surface area contributed by atoms with E-state index in [9.17, 15) is 15.3 Å². The summed E-state index contributed by atoms with van der Waals surface area (Å²) in [6.45, 7) is -0.0176. The van der Waals surface area contributed by atoms with E-state index in [2.05, 4.69) is 16.3 Å². The molecule has 6 nitrogen and oxygen atoms in total. The van der Waals surface area contributed by atoms with Crippen molar-refractivity contribution >= 4 is 27.0 Å². The summed E-state index contributed by atoms with van der Waals surface area (Å²) in [5.41, 5.74) is 0.